The summed E-state index contributed by atoms with van der Waals surface area (Å²) in [6, 6.07) is 0. The number of rotatable bonds is 8. The molecule has 0 aliphatic carbocycles. The second-order valence-corrected chi connectivity index (χ2v) is 4.84. The minimum absolute atomic E-state index is 0.219. The Morgan fingerprint density at radius 1 is 0.889 bits per heavy atom. The van der Waals surface area contributed by atoms with E-state index in [1.165, 1.54) is 13.8 Å². The van der Waals surface area contributed by atoms with E-state index in [4.69, 9.17) is 15.5 Å². The first-order chi connectivity index (χ1) is 8.16. The van der Waals surface area contributed by atoms with E-state index in [1.807, 2.05) is 0 Å². The van der Waals surface area contributed by atoms with E-state index < -0.39 is 42.7 Å². The topological polar surface area (TPSA) is 151 Å². The lowest BCUT2D eigenvalue weighted by atomic mass is 9.92. The highest BCUT2D eigenvalue weighted by molar-refractivity contribution is 4.87. The molecule has 0 aromatic carbocycles. The smallest absolute Gasteiger partial charge is 0.111 e. The summed E-state index contributed by atoms with van der Waals surface area (Å²) in [5.41, 5.74) is -1.15. The molecule has 0 bridgehead atoms. The Hall–Kier alpha value is -0.320. The van der Waals surface area contributed by atoms with E-state index in [-0.39, 0.29) is 6.42 Å². The standard InChI is InChI=1S/C10H22O8/c1-10(2,18-17)3-5(12)7(14)9(16)8(15)6(13)4-11/h5-9,11-17H,3-4H2,1-2H3/t5?,6-,7-,8-,9-/m1/s1. The molecule has 0 amide bonds. The molecular weight excluding hydrogens is 248 g/mol. The lowest BCUT2D eigenvalue weighted by Crippen LogP contribution is -2.51. The van der Waals surface area contributed by atoms with Gasteiger partial charge in [-0.1, -0.05) is 0 Å². The van der Waals surface area contributed by atoms with Crippen LogP contribution in [-0.2, 0) is 4.89 Å². The van der Waals surface area contributed by atoms with Crippen LogP contribution in [0.5, 0.6) is 0 Å². The van der Waals surface area contributed by atoms with E-state index in [0.717, 1.165) is 0 Å². The highest BCUT2D eigenvalue weighted by atomic mass is 17.1. The first-order valence-electron chi connectivity index (χ1n) is 5.50. The highest BCUT2D eigenvalue weighted by Gasteiger charge is 2.36. The highest BCUT2D eigenvalue weighted by Crippen LogP contribution is 2.19. The monoisotopic (exact) mass is 270 g/mol. The third-order valence-corrected chi connectivity index (χ3v) is 2.62. The Morgan fingerprint density at radius 3 is 1.72 bits per heavy atom. The molecule has 7 N–H and O–H groups in total. The Morgan fingerprint density at radius 2 is 1.33 bits per heavy atom. The maximum Gasteiger partial charge on any atom is 0.111 e. The van der Waals surface area contributed by atoms with Gasteiger partial charge < -0.3 is 30.6 Å². The van der Waals surface area contributed by atoms with Crippen molar-refractivity contribution in [2.24, 2.45) is 0 Å². The van der Waals surface area contributed by atoms with Crippen molar-refractivity contribution in [3.05, 3.63) is 0 Å². The van der Waals surface area contributed by atoms with Crippen molar-refractivity contribution in [3.8, 4) is 0 Å². The predicted octanol–water partition coefficient (Wildman–Crippen LogP) is -2.56. The van der Waals surface area contributed by atoms with Crippen molar-refractivity contribution in [3.63, 3.8) is 0 Å². The third-order valence-electron chi connectivity index (χ3n) is 2.62. The molecule has 110 valence electrons. The summed E-state index contributed by atoms with van der Waals surface area (Å²) in [4.78, 5) is 4.06. The largest absolute Gasteiger partial charge is 0.394 e. The zero-order chi connectivity index (χ0) is 14.5. The molecule has 0 aromatic rings. The van der Waals surface area contributed by atoms with Crippen molar-refractivity contribution < 1.29 is 40.8 Å². The van der Waals surface area contributed by atoms with E-state index in [1.54, 1.807) is 0 Å². The van der Waals surface area contributed by atoms with Crippen LogP contribution >= 0.6 is 0 Å². The summed E-state index contributed by atoms with van der Waals surface area (Å²) in [5, 5.41) is 64.2. The van der Waals surface area contributed by atoms with Crippen LogP contribution in [0.3, 0.4) is 0 Å². The van der Waals surface area contributed by atoms with Crippen LogP contribution in [0.1, 0.15) is 20.3 Å². The van der Waals surface area contributed by atoms with Gasteiger partial charge in [0.05, 0.1) is 12.7 Å². The van der Waals surface area contributed by atoms with Crippen molar-refractivity contribution in [1.29, 1.82) is 0 Å². The van der Waals surface area contributed by atoms with Gasteiger partial charge in [-0.15, -0.1) is 0 Å². The summed E-state index contributed by atoms with van der Waals surface area (Å²) in [6.07, 6.45) is -8.78. The van der Waals surface area contributed by atoms with E-state index in [0.29, 0.717) is 0 Å². The van der Waals surface area contributed by atoms with Crippen LogP contribution in [0, 0.1) is 0 Å². The van der Waals surface area contributed by atoms with Gasteiger partial charge in [-0.25, -0.2) is 4.89 Å². The van der Waals surface area contributed by atoms with E-state index in [2.05, 4.69) is 4.89 Å². The van der Waals surface area contributed by atoms with Crippen molar-refractivity contribution in [2.45, 2.75) is 56.4 Å². The molecule has 0 aliphatic rings. The molecule has 1 unspecified atom stereocenters. The summed E-state index contributed by atoms with van der Waals surface area (Å²) in [7, 11) is 0. The second-order valence-electron chi connectivity index (χ2n) is 4.84. The molecule has 18 heavy (non-hydrogen) atoms. The van der Waals surface area contributed by atoms with Gasteiger partial charge in [-0.2, -0.15) is 0 Å². The fraction of sp³-hybridized carbons (Fsp3) is 1.00. The first kappa shape index (κ1) is 17.7. The van der Waals surface area contributed by atoms with Gasteiger partial charge in [0.1, 0.15) is 30.0 Å². The average molecular weight is 270 g/mol. The molecule has 0 saturated heterocycles. The van der Waals surface area contributed by atoms with Gasteiger partial charge >= 0.3 is 0 Å². The van der Waals surface area contributed by atoms with Gasteiger partial charge in [-0.05, 0) is 13.8 Å². The summed E-state index contributed by atoms with van der Waals surface area (Å²) < 4.78 is 0. The minimum atomic E-state index is -1.85. The van der Waals surface area contributed by atoms with Crippen LogP contribution in [0.15, 0.2) is 0 Å². The summed E-state index contributed by atoms with van der Waals surface area (Å²) in [6.45, 7) is 2.08. The quantitative estimate of drug-likeness (QED) is 0.188. The molecule has 0 radical (unpaired) electrons. The molecule has 0 heterocycles. The molecule has 0 rings (SSSR count). The number of aliphatic hydroxyl groups is 6. The van der Waals surface area contributed by atoms with Gasteiger partial charge in [0, 0.05) is 6.42 Å². The normalized spacial score (nSPS) is 21.2. The lowest BCUT2D eigenvalue weighted by molar-refractivity contribution is -0.320. The van der Waals surface area contributed by atoms with Crippen LogP contribution < -0.4 is 0 Å². The average Bonchev–Trinajstić information content (AvgIpc) is 2.34. The molecule has 8 nitrogen and oxygen atoms in total. The fourth-order valence-electron chi connectivity index (χ4n) is 1.43. The second kappa shape index (κ2) is 7.31. The van der Waals surface area contributed by atoms with Crippen LogP contribution in [-0.4, -0.2) is 78.6 Å². The Kier molecular flexibility index (Phi) is 7.18. The zero-order valence-electron chi connectivity index (χ0n) is 10.3. The Balaban J connectivity index is 4.49. The maximum absolute atomic E-state index is 9.60. The predicted molar refractivity (Wildman–Crippen MR) is 59.5 cm³/mol. The lowest BCUT2D eigenvalue weighted by Gasteiger charge is -2.31. The van der Waals surface area contributed by atoms with Gasteiger partial charge in [-0.3, -0.25) is 5.26 Å². The fourth-order valence-corrected chi connectivity index (χ4v) is 1.43. The maximum atomic E-state index is 9.60. The third kappa shape index (κ3) is 5.12. The van der Waals surface area contributed by atoms with Gasteiger partial charge in [0.2, 0.25) is 0 Å². The summed E-state index contributed by atoms with van der Waals surface area (Å²) >= 11 is 0. The van der Waals surface area contributed by atoms with Crippen LogP contribution in [0.2, 0.25) is 0 Å². The molecule has 8 heteroatoms. The SMILES string of the molecule is CC(C)(CC(O)[C@@H](O)[C@@H](O)[C@H](O)[C@H](O)CO)OO. The summed E-state index contributed by atoms with van der Waals surface area (Å²) in [5.74, 6) is 0. The molecule has 0 fully saturated rings. The number of hydrogen-bond donors (Lipinski definition) is 7. The first-order valence-corrected chi connectivity index (χ1v) is 5.50. The van der Waals surface area contributed by atoms with Crippen molar-refractivity contribution >= 4 is 0 Å². The molecule has 0 spiro atoms. The minimum Gasteiger partial charge on any atom is -0.394 e. The molecule has 5 atom stereocenters. The van der Waals surface area contributed by atoms with Crippen LogP contribution in [0.25, 0.3) is 0 Å². The van der Waals surface area contributed by atoms with Gasteiger partial charge in [0.15, 0.2) is 0 Å². The van der Waals surface area contributed by atoms with Gasteiger partial charge in [0.25, 0.3) is 0 Å². The van der Waals surface area contributed by atoms with Crippen molar-refractivity contribution in [2.75, 3.05) is 6.61 Å². The van der Waals surface area contributed by atoms with Crippen molar-refractivity contribution in [1.82, 2.24) is 0 Å². The molecule has 0 saturated carbocycles. The molecule has 0 aromatic heterocycles. The van der Waals surface area contributed by atoms with Crippen LogP contribution in [0.4, 0.5) is 0 Å². The Labute approximate surface area is 105 Å². The van der Waals surface area contributed by atoms with E-state index in [9.17, 15) is 20.4 Å². The zero-order valence-corrected chi connectivity index (χ0v) is 10.3. The molecular formula is C10H22O8. The number of hydrogen-bond acceptors (Lipinski definition) is 8. The van der Waals surface area contributed by atoms with E-state index >= 15 is 0 Å². The number of aliphatic hydroxyl groups excluding tert-OH is 6. The molecule has 0 aliphatic heterocycles. The Bertz CT molecular complexity index is 234.